The highest BCUT2D eigenvalue weighted by Gasteiger charge is 2.41. The summed E-state index contributed by atoms with van der Waals surface area (Å²) in [6.07, 6.45) is 9.45. The van der Waals surface area contributed by atoms with Crippen molar-refractivity contribution in [1.29, 1.82) is 0 Å². The molecule has 3 rings (SSSR count). The van der Waals surface area contributed by atoms with Gasteiger partial charge in [0.05, 0.1) is 6.20 Å². The van der Waals surface area contributed by atoms with Crippen LogP contribution in [0.4, 0.5) is 0 Å². The van der Waals surface area contributed by atoms with E-state index in [0.29, 0.717) is 24.4 Å². The van der Waals surface area contributed by atoms with Crippen LogP contribution in [0, 0.1) is 17.8 Å². The third-order valence-electron chi connectivity index (χ3n) is 5.32. The fourth-order valence-corrected chi connectivity index (χ4v) is 4.21. The standard InChI is InChI=1S/C16H26N4O/c1-19(9-11-8-18-20(2)10-11)16(21)14-6-12-4-3-5-13(7-14)15(12)17/h8,10,12-15H,3-7,9,17H2,1-2H3. The van der Waals surface area contributed by atoms with E-state index in [2.05, 4.69) is 5.10 Å². The molecule has 116 valence electrons. The Bertz CT molecular complexity index is 498. The van der Waals surface area contributed by atoms with Gasteiger partial charge in [0.15, 0.2) is 0 Å². The Hall–Kier alpha value is -1.36. The molecule has 2 unspecified atom stereocenters. The molecule has 0 radical (unpaired) electrons. The van der Waals surface area contributed by atoms with E-state index < -0.39 is 0 Å². The van der Waals surface area contributed by atoms with Crippen LogP contribution in [0.25, 0.3) is 0 Å². The van der Waals surface area contributed by atoms with Crippen LogP contribution in [0.1, 0.15) is 37.7 Å². The van der Waals surface area contributed by atoms with E-state index in [1.807, 2.05) is 31.4 Å². The number of carbonyl (C=O) groups is 1. The molecule has 2 aliphatic rings. The summed E-state index contributed by atoms with van der Waals surface area (Å²) in [6.45, 7) is 0.643. The summed E-state index contributed by atoms with van der Waals surface area (Å²) in [6, 6.07) is 0.325. The summed E-state index contributed by atoms with van der Waals surface area (Å²) in [5, 5.41) is 4.16. The van der Waals surface area contributed by atoms with E-state index in [0.717, 1.165) is 18.4 Å². The lowest BCUT2D eigenvalue weighted by atomic mass is 9.65. The summed E-state index contributed by atoms with van der Waals surface area (Å²) in [5.41, 5.74) is 7.40. The van der Waals surface area contributed by atoms with Gasteiger partial charge in [-0.1, -0.05) is 6.42 Å². The third-order valence-corrected chi connectivity index (χ3v) is 5.32. The monoisotopic (exact) mass is 290 g/mol. The molecular formula is C16H26N4O. The molecule has 1 aromatic rings. The number of nitrogens with two attached hydrogens (primary N) is 1. The zero-order valence-corrected chi connectivity index (χ0v) is 13.0. The van der Waals surface area contributed by atoms with Crippen LogP contribution in [0.5, 0.6) is 0 Å². The fraction of sp³-hybridized carbons (Fsp3) is 0.750. The van der Waals surface area contributed by atoms with Crippen molar-refractivity contribution < 1.29 is 4.79 Å². The van der Waals surface area contributed by atoms with E-state index in [-0.39, 0.29) is 11.8 Å². The molecule has 1 heterocycles. The second-order valence-corrected chi connectivity index (χ2v) is 6.91. The van der Waals surface area contributed by atoms with Crippen LogP contribution in [-0.2, 0) is 18.4 Å². The molecule has 2 fully saturated rings. The summed E-state index contributed by atoms with van der Waals surface area (Å²) in [5.74, 6) is 1.56. The van der Waals surface area contributed by atoms with Gasteiger partial charge in [-0.2, -0.15) is 5.10 Å². The molecule has 0 aliphatic heterocycles. The molecule has 0 saturated heterocycles. The second-order valence-electron chi connectivity index (χ2n) is 6.91. The minimum atomic E-state index is 0.168. The molecule has 5 nitrogen and oxygen atoms in total. The highest BCUT2D eigenvalue weighted by atomic mass is 16.2. The highest BCUT2D eigenvalue weighted by molar-refractivity contribution is 5.78. The molecule has 0 aromatic carbocycles. The quantitative estimate of drug-likeness (QED) is 0.918. The average Bonchev–Trinajstić information content (AvgIpc) is 2.83. The molecule has 2 bridgehead atoms. The highest BCUT2D eigenvalue weighted by Crippen LogP contribution is 2.42. The first-order chi connectivity index (χ1) is 10.0. The molecule has 5 heteroatoms. The Labute approximate surface area is 126 Å². The zero-order chi connectivity index (χ0) is 15.0. The van der Waals surface area contributed by atoms with Crippen molar-refractivity contribution >= 4 is 5.91 Å². The molecule has 1 aromatic heterocycles. The SMILES string of the molecule is CN(Cc1cnn(C)c1)C(=O)C1CC2CCCC(C1)C2N. The average molecular weight is 290 g/mol. The Kier molecular flexibility index (Phi) is 4.02. The number of hydrogen-bond donors (Lipinski definition) is 1. The van der Waals surface area contributed by atoms with Crippen molar-refractivity contribution in [2.75, 3.05) is 7.05 Å². The predicted octanol–water partition coefficient (Wildman–Crippen LogP) is 1.53. The topological polar surface area (TPSA) is 64.2 Å². The lowest BCUT2D eigenvalue weighted by molar-refractivity contribution is -0.137. The number of nitrogens with zero attached hydrogens (tertiary/aromatic N) is 3. The van der Waals surface area contributed by atoms with Gasteiger partial charge in [-0.15, -0.1) is 0 Å². The van der Waals surface area contributed by atoms with Gasteiger partial charge in [0, 0.05) is 44.4 Å². The van der Waals surface area contributed by atoms with Crippen LogP contribution in [0.3, 0.4) is 0 Å². The first kappa shape index (κ1) is 14.6. The Morgan fingerprint density at radius 3 is 2.67 bits per heavy atom. The van der Waals surface area contributed by atoms with Crippen molar-refractivity contribution in [2.24, 2.45) is 30.5 Å². The van der Waals surface area contributed by atoms with Gasteiger partial charge in [0.1, 0.15) is 0 Å². The molecule has 2 aliphatic carbocycles. The van der Waals surface area contributed by atoms with Gasteiger partial charge >= 0.3 is 0 Å². The van der Waals surface area contributed by atoms with Gasteiger partial charge in [-0.25, -0.2) is 0 Å². The second kappa shape index (κ2) is 5.79. The maximum absolute atomic E-state index is 12.7. The number of rotatable bonds is 3. The van der Waals surface area contributed by atoms with Gasteiger partial charge in [0.2, 0.25) is 5.91 Å². The van der Waals surface area contributed by atoms with Crippen molar-refractivity contribution in [3.05, 3.63) is 18.0 Å². The van der Waals surface area contributed by atoms with Crippen LogP contribution >= 0.6 is 0 Å². The maximum atomic E-state index is 12.7. The van der Waals surface area contributed by atoms with Gasteiger partial charge in [-0.05, 0) is 37.5 Å². The molecule has 2 N–H and O–H groups in total. The first-order valence-corrected chi connectivity index (χ1v) is 8.02. The van der Waals surface area contributed by atoms with E-state index in [4.69, 9.17) is 5.73 Å². The third kappa shape index (κ3) is 2.98. The van der Waals surface area contributed by atoms with Gasteiger partial charge in [0.25, 0.3) is 0 Å². The van der Waals surface area contributed by atoms with Crippen molar-refractivity contribution in [2.45, 2.75) is 44.7 Å². The largest absolute Gasteiger partial charge is 0.341 e. The number of aromatic nitrogens is 2. The molecule has 1 amide bonds. The van der Waals surface area contributed by atoms with Gasteiger partial charge < -0.3 is 10.6 Å². The summed E-state index contributed by atoms with van der Waals surface area (Å²) in [7, 11) is 3.80. The van der Waals surface area contributed by atoms with E-state index >= 15 is 0 Å². The first-order valence-electron chi connectivity index (χ1n) is 8.02. The van der Waals surface area contributed by atoms with Crippen molar-refractivity contribution in [3.63, 3.8) is 0 Å². The van der Waals surface area contributed by atoms with Crippen LogP contribution in [0.15, 0.2) is 12.4 Å². The number of amides is 1. The normalized spacial score (nSPS) is 32.0. The van der Waals surface area contributed by atoms with Crippen LogP contribution in [-0.4, -0.2) is 33.7 Å². The smallest absolute Gasteiger partial charge is 0.225 e. The predicted molar refractivity (Wildman–Crippen MR) is 81.2 cm³/mol. The maximum Gasteiger partial charge on any atom is 0.225 e. The number of carbonyl (C=O) groups excluding carboxylic acids is 1. The Morgan fingerprint density at radius 2 is 2.10 bits per heavy atom. The summed E-state index contributed by atoms with van der Waals surface area (Å²) in [4.78, 5) is 14.6. The van der Waals surface area contributed by atoms with E-state index in [1.54, 1.807) is 4.68 Å². The Balaban J connectivity index is 1.62. The lowest BCUT2D eigenvalue weighted by Gasteiger charge is -2.44. The molecule has 2 atom stereocenters. The van der Waals surface area contributed by atoms with Crippen molar-refractivity contribution in [3.8, 4) is 0 Å². The number of fused-ring (bicyclic) bond motifs is 2. The van der Waals surface area contributed by atoms with Crippen molar-refractivity contribution in [1.82, 2.24) is 14.7 Å². The van der Waals surface area contributed by atoms with E-state index in [1.165, 1.54) is 19.3 Å². The minimum absolute atomic E-state index is 0.168. The summed E-state index contributed by atoms with van der Waals surface area (Å²) >= 11 is 0. The minimum Gasteiger partial charge on any atom is -0.341 e. The molecule has 2 saturated carbocycles. The lowest BCUT2D eigenvalue weighted by Crippen LogP contribution is -2.49. The number of hydrogen-bond acceptors (Lipinski definition) is 3. The number of aryl methyl sites for hydroxylation is 1. The molecule has 21 heavy (non-hydrogen) atoms. The summed E-state index contributed by atoms with van der Waals surface area (Å²) < 4.78 is 1.78. The molecule has 0 spiro atoms. The van der Waals surface area contributed by atoms with Crippen LogP contribution < -0.4 is 5.73 Å². The van der Waals surface area contributed by atoms with Gasteiger partial charge in [-0.3, -0.25) is 9.48 Å². The Morgan fingerprint density at radius 1 is 1.43 bits per heavy atom. The zero-order valence-electron chi connectivity index (χ0n) is 13.0. The van der Waals surface area contributed by atoms with E-state index in [9.17, 15) is 4.79 Å². The molecular weight excluding hydrogens is 264 g/mol. The van der Waals surface area contributed by atoms with Crippen LogP contribution in [0.2, 0.25) is 0 Å². The fourth-order valence-electron chi connectivity index (χ4n) is 4.21.